The molecule has 0 aliphatic rings. The van der Waals surface area contributed by atoms with Gasteiger partial charge in [-0.3, -0.25) is 14.4 Å². The zero-order valence-electron chi connectivity index (χ0n) is 23.5. The first kappa shape index (κ1) is 31.9. The maximum absolute atomic E-state index is 13.4. The van der Waals surface area contributed by atoms with Crippen LogP contribution in [-0.4, -0.2) is 30.1 Å². The number of halogens is 3. The molecule has 0 aliphatic carbocycles. The number of para-hydroxylation sites is 2. The molecule has 4 aromatic carbocycles. The van der Waals surface area contributed by atoms with Gasteiger partial charge in [-0.1, -0.05) is 48.5 Å². The highest BCUT2D eigenvalue weighted by atomic mass is 32.2. The Morgan fingerprint density at radius 2 is 1.48 bits per heavy atom. The zero-order chi connectivity index (χ0) is 31.5. The minimum atomic E-state index is -4.59. The molecule has 0 atom stereocenters. The monoisotopic (exact) mass is 619 g/mol. The van der Waals surface area contributed by atoms with Gasteiger partial charge in [0.1, 0.15) is 11.4 Å². The van der Waals surface area contributed by atoms with Crippen LogP contribution < -0.4 is 20.7 Å². The highest BCUT2D eigenvalue weighted by Crippen LogP contribution is 2.34. The van der Waals surface area contributed by atoms with E-state index in [4.69, 9.17) is 4.74 Å². The summed E-state index contributed by atoms with van der Waals surface area (Å²) in [6.07, 6.45) is -3.07. The van der Waals surface area contributed by atoms with Gasteiger partial charge in [0.2, 0.25) is 5.91 Å². The van der Waals surface area contributed by atoms with E-state index in [-0.39, 0.29) is 17.1 Å². The van der Waals surface area contributed by atoms with Gasteiger partial charge in [0, 0.05) is 21.7 Å². The molecule has 3 N–H and O–H groups in total. The van der Waals surface area contributed by atoms with Crippen LogP contribution in [0, 0.1) is 0 Å². The molecule has 0 saturated heterocycles. The third-order valence-corrected chi connectivity index (χ3v) is 7.05. The number of hydrogen-bond acceptors (Lipinski definition) is 5. The maximum Gasteiger partial charge on any atom is 0.418 e. The molecule has 0 saturated carbocycles. The number of thioether (sulfide) groups is 1. The summed E-state index contributed by atoms with van der Waals surface area (Å²) in [7, 11) is 0. The van der Waals surface area contributed by atoms with Gasteiger partial charge in [-0.2, -0.15) is 13.2 Å². The number of carbonyl (C=O) groups is 3. The Kier molecular flexibility index (Phi) is 10.8. The Morgan fingerprint density at radius 1 is 0.818 bits per heavy atom. The van der Waals surface area contributed by atoms with Crippen LogP contribution in [-0.2, 0) is 15.8 Å². The predicted molar refractivity (Wildman–Crippen MR) is 165 cm³/mol. The second-order valence-electron chi connectivity index (χ2n) is 9.21. The van der Waals surface area contributed by atoms with Gasteiger partial charge in [-0.25, -0.2) is 0 Å². The number of alkyl halides is 3. The number of anilines is 2. The van der Waals surface area contributed by atoms with Crippen LogP contribution in [0.2, 0.25) is 0 Å². The molecule has 0 fully saturated rings. The van der Waals surface area contributed by atoms with Crippen molar-refractivity contribution in [2.45, 2.75) is 18.0 Å². The number of amides is 3. The summed E-state index contributed by atoms with van der Waals surface area (Å²) in [5.74, 6) is -1.23. The predicted octanol–water partition coefficient (Wildman–Crippen LogP) is 7.24. The molecule has 0 bridgehead atoms. The van der Waals surface area contributed by atoms with E-state index in [9.17, 15) is 27.6 Å². The Labute approximate surface area is 256 Å². The van der Waals surface area contributed by atoms with Crippen molar-refractivity contribution >= 4 is 46.9 Å². The third kappa shape index (κ3) is 8.98. The largest absolute Gasteiger partial charge is 0.493 e. The van der Waals surface area contributed by atoms with E-state index in [1.807, 2.05) is 6.92 Å². The number of benzene rings is 4. The summed E-state index contributed by atoms with van der Waals surface area (Å²) in [5, 5.41) is 7.75. The first-order valence-electron chi connectivity index (χ1n) is 13.4. The lowest BCUT2D eigenvalue weighted by Crippen LogP contribution is -2.30. The van der Waals surface area contributed by atoms with Crippen molar-refractivity contribution in [3.05, 3.63) is 126 Å². The van der Waals surface area contributed by atoms with Gasteiger partial charge < -0.3 is 20.7 Å². The van der Waals surface area contributed by atoms with Crippen LogP contribution in [0.4, 0.5) is 24.5 Å². The smallest absolute Gasteiger partial charge is 0.418 e. The Bertz CT molecular complexity index is 1640. The normalized spacial score (nSPS) is 11.4. The molecule has 44 heavy (non-hydrogen) atoms. The molecule has 3 amide bonds. The van der Waals surface area contributed by atoms with E-state index in [2.05, 4.69) is 16.0 Å². The highest BCUT2D eigenvalue weighted by Gasteiger charge is 2.33. The fraction of sp³-hybridized carbons (Fsp3) is 0.121. The molecule has 4 aromatic rings. The van der Waals surface area contributed by atoms with E-state index in [0.717, 1.165) is 17.8 Å². The molecule has 0 heterocycles. The van der Waals surface area contributed by atoms with Gasteiger partial charge in [-0.05, 0) is 67.6 Å². The van der Waals surface area contributed by atoms with E-state index >= 15 is 0 Å². The fourth-order valence-electron chi connectivity index (χ4n) is 3.99. The molecular formula is C33H28F3N3O4S. The van der Waals surface area contributed by atoms with Crippen molar-refractivity contribution in [1.29, 1.82) is 0 Å². The van der Waals surface area contributed by atoms with Crippen molar-refractivity contribution in [1.82, 2.24) is 5.32 Å². The zero-order valence-corrected chi connectivity index (χ0v) is 24.3. The molecular weight excluding hydrogens is 591 g/mol. The second-order valence-corrected chi connectivity index (χ2v) is 10.3. The summed E-state index contributed by atoms with van der Waals surface area (Å²) in [5.41, 5.74) is 0.137. The Hall–Kier alpha value is -5.03. The quantitative estimate of drug-likeness (QED) is 0.122. The lowest BCUT2D eigenvalue weighted by molar-refractivity contribution is -0.137. The van der Waals surface area contributed by atoms with Gasteiger partial charge in [0.15, 0.2) is 0 Å². The summed E-state index contributed by atoms with van der Waals surface area (Å²) in [6, 6.07) is 26.9. The van der Waals surface area contributed by atoms with Crippen LogP contribution in [0.3, 0.4) is 0 Å². The number of carbonyl (C=O) groups excluding carboxylic acids is 3. The average Bonchev–Trinajstić information content (AvgIpc) is 3.01. The van der Waals surface area contributed by atoms with Gasteiger partial charge in [-0.15, -0.1) is 11.8 Å². The summed E-state index contributed by atoms with van der Waals surface area (Å²) >= 11 is 1.12. The molecule has 4 rings (SSSR count). The van der Waals surface area contributed by atoms with Crippen LogP contribution in [0.1, 0.15) is 28.4 Å². The highest BCUT2D eigenvalue weighted by molar-refractivity contribution is 8.00. The summed E-state index contributed by atoms with van der Waals surface area (Å²) < 4.78 is 45.3. The second kappa shape index (κ2) is 14.9. The Morgan fingerprint density at radius 3 is 2.18 bits per heavy atom. The van der Waals surface area contributed by atoms with Gasteiger partial charge in [0.05, 0.1) is 23.6 Å². The molecule has 7 nitrogen and oxygen atoms in total. The number of nitrogens with one attached hydrogen (secondary N) is 3. The van der Waals surface area contributed by atoms with Crippen molar-refractivity contribution in [2.24, 2.45) is 0 Å². The van der Waals surface area contributed by atoms with Crippen LogP contribution in [0.5, 0.6) is 5.75 Å². The minimum Gasteiger partial charge on any atom is -0.493 e. The van der Waals surface area contributed by atoms with Crippen molar-refractivity contribution in [2.75, 3.05) is 23.0 Å². The van der Waals surface area contributed by atoms with Crippen molar-refractivity contribution in [3.63, 3.8) is 0 Å². The molecule has 11 heteroatoms. The van der Waals surface area contributed by atoms with Crippen LogP contribution >= 0.6 is 11.8 Å². The third-order valence-electron chi connectivity index (χ3n) is 6.04. The van der Waals surface area contributed by atoms with Crippen LogP contribution in [0.15, 0.2) is 114 Å². The number of hydrogen-bond donors (Lipinski definition) is 3. The standard InChI is InChI=1S/C33H28F3N3O4S/c1-2-43-29-15-9-6-12-23(29)20-28(39-31(41)22-10-4-3-5-11-22)32(42)37-24-16-18-25(19-17-24)44-21-30(40)38-27-14-8-7-13-26(27)33(34,35)36/h3-20H,2,21H2,1H3,(H,37,42)(H,38,40)(H,39,41)/b28-20-. The van der Waals surface area contributed by atoms with Crippen molar-refractivity contribution in [3.8, 4) is 5.75 Å². The summed E-state index contributed by atoms with van der Waals surface area (Å²) in [4.78, 5) is 39.3. The molecule has 0 aromatic heterocycles. The lowest BCUT2D eigenvalue weighted by atomic mass is 10.1. The molecule has 226 valence electrons. The SMILES string of the molecule is CCOc1ccccc1/C=C(\NC(=O)c1ccccc1)C(=O)Nc1ccc(SCC(=O)Nc2ccccc2C(F)(F)F)cc1. The van der Waals surface area contributed by atoms with Gasteiger partial charge >= 0.3 is 6.18 Å². The Balaban J connectivity index is 1.44. The van der Waals surface area contributed by atoms with Gasteiger partial charge in [0.25, 0.3) is 11.8 Å². The lowest BCUT2D eigenvalue weighted by Gasteiger charge is -2.14. The van der Waals surface area contributed by atoms with E-state index in [0.29, 0.717) is 34.1 Å². The molecule has 0 spiro atoms. The molecule has 0 aliphatic heterocycles. The molecule has 0 unspecified atom stereocenters. The van der Waals surface area contributed by atoms with Crippen LogP contribution in [0.25, 0.3) is 6.08 Å². The first-order valence-corrected chi connectivity index (χ1v) is 14.4. The fourth-order valence-corrected chi connectivity index (χ4v) is 4.69. The summed E-state index contributed by atoms with van der Waals surface area (Å²) in [6.45, 7) is 2.25. The van der Waals surface area contributed by atoms with Crippen molar-refractivity contribution < 1.29 is 32.3 Å². The van der Waals surface area contributed by atoms with E-state index in [1.165, 1.54) is 24.3 Å². The number of rotatable bonds is 11. The maximum atomic E-state index is 13.4. The first-order chi connectivity index (χ1) is 21.1. The minimum absolute atomic E-state index is 0.0136. The van der Waals surface area contributed by atoms with E-state index in [1.54, 1.807) is 78.9 Å². The van der Waals surface area contributed by atoms with E-state index < -0.39 is 29.5 Å². The molecule has 0 radical (unpaired) electrons. The number of ether oxygens (including phenoxy) is 1. The topological polar surface area (TPSA) is 96.5 Å². The average molecular weight is 620 g/mol.